The topological polar surface area (TPSA) is 155 Å². The van der Waals surface area contributed by atoms with E-state index < -0.39 is 15.6 Å². The van der Waals surface area contributed by atoms with Crippen molar-refractivity contribution in [2.45, 2.75) is 87.2 Å². The SMILES string of the molecule is O=S(=O)(C1CC1)n1cc(-c2nccc(Nc3cc(N[C@H]4CC[C@@H](O)CC4)c(C#CC4(O)CCCC4)cn3)n2)cn1. The van der Waals surface area contributed by atoms with Gasteiger partial charge in [0, 0.05) is 24.5 Å². The maximum atomic E-state index is 12.5. The Morgan fingerprint density at radius 1 is 1.02 bits per heavy atom. The molecule has 0 aliphatic heterocycles. The molecular weight excluding hydrogens is 530 g/mol. The molecule has 0 radical (unpaired) electrons. The van der Waals surface area contributed by atoms with Crippen LogP contribution in [0.2, 0.25) is 0 Å². The van der Waals surface area contributed by atoms with Gasteiger partial charge in [-0.25, -0.2) is 23.4 Å². The summed E-state index contributed by atoms with van der Waals surface area (Å²) >= 11 is 0. The number of aliphatic hydroxyl groups excluding tert-OH is 1. The van der Waals surface area contributed by atoms with Gasteiger partial charge in [-0.15, -0.1) is 0 Å². The van der Waals surface area contributed by atoms with Gasteiger partial charge < -0.3 is 20.8 Å². The number of anilines is 3. The van der Waals surface area contributed by atoms with Crippen LogP contribution in [0.1, 0.15) is 69.8 Å². The quantitative estimate of drug-likeness (QED) is 0.315. The molecule has 4 N–H and O–H groups in total. The van der Waals surface area contributed by atoms with Crippen molar-refractivity contribution in [3.63, 3.8) is 0 Å². The monoisotopic (exact) mass is 563 g/mol. The van der Waals surface area contributed by atoms with Gasteiger partial charge in [-0.05, 0) is 70.3 Å². The van der Waals surface area contributed by atoms with Gasteiger partial charge in [0.15, 0.2) is 5.82 Å². The van der Waals surface area contributed by atoms with E-state index in [0.717, 1.165) is 48.3 Å². The summed E-state index contributed by atoms with van der Waals surface area (Å²) in [5.74, 6) is 7.60. The lowest BCUT2D eigenvalue weighted by molar-refractivity contribution is 0.110. The van der Waals surface area contributed by atoms with E-state index in [1.807, 2.05) is 6.07 Å². The van der Waals surface area contributed by atoms with Crippen LogP contribution in [0.4, 0.5) is 17.3 Å². The van der Waals surface area contributed by atoms with Crippen molar-refractivity contribution in [3.8, 4) is 23.2 Å². The molecule has 0 unspecified atom stereocenters. The van der Waals surface area contributed by atoms with Gasteiger partial charge >= 0.3 is 0 Å². The Hall–Kier alpha value is -3.53. The van der Waals surface area contributed by atoms with Crippen molar-refractivity contribution in [3.05, 3.63) is 42.5 Å². The van der Waals surface area contributed by atoms with Gasteiger partial charge in [0.2, 0.25) is 0 Å². The van der Waals surface area contributed by atoms with E-state index in [1.54, 1.807) is 18.5 Å². The zero-order chi connectivity index (χ0) is 27.7. The van der Waals surface area contributed by atoms with Crippen LogP contribution in [0.3, 0.4) is 0 Å². The Balaban J connectivity index is 1.24. The van der Waals surface area contributed by atoms with Crippen LogP contribution >= 0.6 is 0 Å². The van der Waals surface area contributed by atoms with Crippen LogP contribution < -0.4 is 10.6 Å². The molecule has 0 bridgehead atoms. The van der Waals surface area contributed by atoms with E-state index >= 15 is 0 Å². The largest absolute Gasteiger partial charge is 0.393 e. The number of rotatable bonds is 7. The predicted molar refractivity (Wildman–Crippen MR) is 150 cm³/mol. The average molecular weight is 564 g/mol. The molecule has 3 aromatic heterocycles. The number of aliphatic hydroxyl groups is 2. The lowest BCUT2D eigenvalue weighted by Crippen LogP contribution is -2.28. The zero-order valence-corrected chi connectivity index (χ0v) is 22.9. The van der Waals surface area contributed by atoms with Crippen molar-refractivity contribution < 1.29 is 18.6 Å². The van der Waals surface area contributed by atoms with Crippen LogP contribution in [-0.2, 0) is 10.0 Å². The molecule has 40 heavy (non-hydrogen) atoms. The van der Waals surface area contributed by atoms with Crippen LogP contribution in [0.25, 0.3) is 11.4 Å². The molecule has 3 aromatic rings. The molecule has 210 valence electrons. The predicted octanol–water partition coefficient (Wildman–Crippen LogP) is 3.19. The first-order valence-corrected chi connectivity index (χ1v) is 15.4. The highest BCUT2D eigenvalue weighted by molar-refractivity contribution is 7.90. The maximum Gasteiger partial charge on any atom is 0.256 e. The second kappa shape index (κ2) is 10.8. The maximum absolute atomic E-state index is 12.5. The second-order valence-electron chi connectivity index (χ2n) is 11.0. The Morgan fingerprint density at radius 3 is 2.55 bits per heavy atom. The van der Waals surface area contributed by atoms with E-state index in [4.69, 9.17) is 0 Å². The smallest absolute Gasteiger partial charge is 0.256 e. The highest BCUT2D eigenvalue weighted by atomic mass is 32.2. The molecule has 0 saturated heterocycles. The van der Waals surface area contributed by atoms with Crippen LogP contribution in [0.5, 0.6) is 0 Å². The van der Waals surface area contributed by atoms with E-state index in [9.17, 15) is 18.6 Å². The molecule has 6 rings (SSSR count). The molecule has 0 spiro atoms. The van der Waals surface area contributed by atoms with Crippen molar-refractivity contribution in [2.24, 2.45) is 0 Å². The number of nitrogens with one attached hydrogen (secondary N) is 2. The third kappa shape index (κ3) is 5.96. The van der Waals surface area contributed by atoms with Gasteiger partial charge in [0.05, 0.1) is 40.6 Å². The molecule has 0 aromatic carbocycles. The summed E-state index contributed by atoms with van der Waals surface area (Å²) in [6, 6.07) is 3.77. The Morgan fingerprint density at radius 2 is 1.80 bits per heavy atom. The molecule has 3 heterocycles. The number of hydrogen-bond acceptors (Lipinski definition) is 10. The molecule has 3 saturated carbocycles. The molecule has 0 atom stereocenters. The van der Waals surface area contributed by atoms with Gasteiger partial charge in [0.25, 0.3) is 10.0 Å². The van der Waals surface area contributed by atoms with E-state index in [-0.39, 0.29) is 17.4 Å². The lowest BCUT2D eigenvalue weighted by Gasteiger charge is -2.27. The van der Waals surface area contributed by atoms with Gasteiger partial charge in [-0.2, -0.15) is 9.19 Å². The molecular formula is C28H33N7O4S. The van der Waals surface area contributed by atoms with Crippen LogP contribution in [0, 0.1) is 11.8 Å². The summed E-state index contributed by atoms with van der Waals surface area (Å²) in [7, 11) is -3.47. The van der Waals surface area contributed by atoms with Gasteiger partial charge in [0.1, 0.15) is 17.2 Å². The van der Waals surface area contributed by atoms with Gasteiger partial charge in [-0.1, -0.05) is 11.8 Å². The first kappa shape index (κ1) is 26.7. The Bertz CT molecular complexity index is 1540. The summed E-state index contributed by atoms with van der Waals surface area (Å²) in [6.07, 6.45) is 13.7. The highest BCUT2D eigenvalue weighted by Crippen LogP contribution is 2.31. The van der Waals surface area contributed by atoms with E-state index in [0.29, 0.717) is 54.3 Å². The fourth-order valence-electron chi connectivity index (χ4n) is 5.23. The first-order chi connectivity index (χ1) is 19.3. The molecule has 12 heteroatoms. The summed E-state index contributed by atoms with van der Waals surface area (Å²) in [5.41, 5.74) is 1.04. The Labute approximate surface area is 233 Å². The van der Waals surface area contributed by atoms with Crippen molar-refractivity contribution in [2.75, 3.05) is 10.6 Å². The highest BCUT2D eigenvalue weighted by Gasteiger charge is 2.37. The normalized spacial score (nSPS) is 22.4. The third-order valence-electron chi connectivity index (χ3n) is 7.76. The van der Waals surface area contributed by atoms with Gasteiger partial charge in [-0.3, -0.25) is 0 Å². The number of hydrogen-bond donors (Lipinski definition) is 4. The van der Waals surface area contributed by atoms with Crippen LogP contribution in [-0.4, -0.2) is 65.8 Å². The van der Waals surface area contributed by atoms with Crippen molar-refractivity contribution in [1.29, 1.82) is 0 Å². The molecule has 11 nitrogen and oxygen atoms in total. The molecule has 0 amide bonds. The van der Waals surface area contributed by atoms with Crippen molar-refractivity contribution in [1.82, 2.24) is 24.1 Å². The van der Waals surface area contributed by atoms with Crippen molar-refractivity contribution >= 4 is 27.3 Å². The minimum Gasteiger partial charge on any atom is -0.393 e. The summed E-state index contributed by atoms with van der Waals surface area (Å²) in [4.78, 5) is 13.4. The lowest BCUT2D eigenvalue weighted by atomic mass is 9.93. The Kier molecular flexibility index (Phi) is 7.20. The standard InChI is InChI=1S/C28H33N7O4S/c36-22-5-3-21(4-6-22)32-24-15-26(30-16-19(24)9-13-28(37)11-1-2-12-28)33-25-10-14-29-27(34-25)20-17-31-35(18-20)40(38,39)23-7-8-23/h10,14-18,21-23,36-37H,1-8,11-12H2,(H2,29,30,32,33,34)/t21-,22+. The summed E-state index contributed by atoms with van der Waals surface area (Å²) < 4.78 is 26.0. The summed E-state index contributed by atoms with van der Waals surface area (Å²) in [6.45, 7) is 0. The van der Waals surface area contributed by atoms with E-state index in [2.05, 4.69) is 42.5 Å². The second-order valence-corrected chi connectivity index (χ2v) is 13.1. The first-order valence-electron chi connectivity index (χ1n) is 13.9. The van der Waals surface area contributed by atoms with E-state index in [1.165, 1.54) is 12.4 Å². The number of pyridine rings is 1. The number of aromatic nitrogens is 5. The molecule has 3 fully saturated rings. The molecule has 3 aliphatic carbocycles. The third-order valence-corrected chi connectivity index (χ3v) is 9.79. The van der Waals surface area contributed by atoms with Crippen LogP contribution in [0.15, 0.2) is 36.9 Å². The zero-order valence-electron chi connectivity index (χ0n) is 22.1. The minimum atomic E-state index is -3.47. The summed E-state index contributed by atoms with van der Waals surface area (Å²) in [5, 5.41) is 31.1. The fraction of sp³-hybridized carbons (Fsp3) is 0.500. The average Bonchev–Trinajstić information content (AvgIpc) is 3.53. The fourth-order valence-corrected chi connectivity index (χ4v) is 6.70. The number of nitrogens with zero attached hydrogens (tertiary/aromatic N) is 5. The minimum absolute atomic E-state index is 0.197. The molecule has 3 aliphatic rings.